The molecule has 2 heterocycles. The first-order valence-corrected chi connectivity index (χ1v) is 32.9. The largest absolute Gasteiger partial charge is 0.466 e. The van der Waals surface area contributed by atoms with Crippen molar-refractivity contribution in [1.29, 1.82) is 0 Å². The third-order valence-electron chi connectivity index (χ3n) is 17.5. The van der Waals surface area contributed by atoms with Crippen LogP contribution in [0.1, 0.15) is 177 Å². The smallest absolute Gasteiger partial charge is 0.332 e. The van der Waals surface area contributed by atoms with Gasteiger partial charge in [-0.2, -0.15) is 0 Å². The zero-order valence-electron chi connectivity index (χ0n) is 56.6. The summed E-state index contributed by atoms with van der Waals surface area (Å²) < 4.78 is 11.8. The van der Waals surface area contributed by atoms with Crippen LogP contribution in [0.4, 0.5) is 0 Å². The summed E-state index contributed by atoms with van der Waals surface area (Å²) in [5.74, 6) is -9.55. The second kappa shape index (κ2) is 36.2. The Balaban J connectivity index is 1.92. The van der Waals surface area contributed by atoms with Gasteiger partial charge in [-0.3, -0.25) is 43.2 Å². The second-order valence-electron chi connectivity index (χ2n) is 26.6. The maximum atomic E-state index is 15.5. The molecule has 4 N–H and O–H groups in total. The Labute approximate surface area is 535 Å². The molecule has 502 valence electrons. The maximum Gasteiger partial charge on any atom is 0.332 e. The van der Waals surface area contributed by atoms with Crippen molar-refractivity contribution >= 4 is 59.2 Å². The van der Waals surface area contributed by atoms with E-state index in [9.17, 15) is 29.1 Å². The van der Waals surface area contributed by atoms with Crippen LogP contribution in [-0.2, 0) is 70.3 Å². The number of nitrogens with zero attached hydrogens (tertiary/aromatic N) is 5. The molecule has 90 heavy (non-hydrogen) atoms. The highest BCUT2D eigenvalue weighted by Crippen LogP contribution is 2.27. The van der Waals surface area contributed by atoms with Crippen LogP contribution in [0.2, 0.25) is 0 Å². The molecular weight excluding hydrogens is 1150 g/mol. The molecule has 2 aliphatic rings. The van der Waals surface area contributed by atoms with Crippen LogP contribution < -0.4 is 16.0 Å². The van der Waals surface area contributed by atoms with Crippen LogP contribution in [0.25, 0.3) is 0 Å². The number of amides is 8. The van der Waals surface area contributed by atoms with Crippen molar-refractivity contribution in [1.82, 2.24) is 40.4 Å². The molecule has 8 amide bonds. The lowest BCUT2D eigenvalue weighted by molar-refractivity contribution is -0.177. The molecule has 4 rings (SSSR count). The molecule has 0 aliphatic carbocycles. The summed E-state index contributed by atoms with van der Waals surface area (Å²) >= 11 is 0. The van der Waals surface area contributed by atoms with Gasteiger partial charge in [0.15, 0.2) is 12.1 Å². The van der Waals surface area contributed by atoms with Gasteiger partial charge in [0.2, 0.25) is 41.4 Å². The van der Waals surface area contributed by atoms with Crippen molar-refractivity contribution in [2.75, 3.05) is 41.3 Å². The zero-order valence-corrected chi connectivity index (χ0v) is 56.6. The van der Waals surface area contributed by atoms with E-state index in [0.29, 0.717) is 30.4 Å². The standard InChI is InChI=1S/C69H108N8O13/c1-16-18-19-20-21-22-23-30-40-89-55(78)38-37-50-63(82)74(13)56(45(5)6)61(80)71-51(41-44(3)4)65(84)76(15)59(69(10,11)88)68(87)90-58(47(9)17-2)67(86)75(14)57(46(7)8)62(81)72-52(42-48-32-26-24-27-33-48)64(83)73(12)54(43-49-34-28-25-29-35-49)66(85)77-39-31-36-53(77)60(79)70-50/h24-29,32-35,44-47,50-54,56-59,88H,16-23,30-31,36-43H2,1-15H3,(H,70,79)(H,71,80)(H,72,81)/t47-,50-,51+,52+,53+,54+,56+,57+,58+,59-/m1/s1. The van der Waals surface area contributed by atoms with E-state index < -0.39 is 137 Å². The van der Waals surface area contributed by atoms with E-state index >= 15 is 24.0 Å². The van der Waals surface area contributed by atoms with Crippen LogP contribution in [0.15, 0.2) is 60.7 Å². The summed E-state index contributed by atoms with van der Waals surface area (Å²) in [6.45, 7) is 19.1. The fraction of sp³-hybridized carbons (Fsp3) is 0.681. The Morgan fingerprint density at radius 2 is 1.10 bits per heavy atom. The van der Waals surface area contributed by atoms with E-state index in [1.165, 1.54) is 74.5 Å². The van der Waals surface area contributed by atoms with Crippen LogP contribution in [0.5, 0.6) is 0 Å². The fourth-order valence-electron chi connectivity index (χ4n) is 12.3. The van der Waals surface area contributed by atoms with Crippen LogP contribution in [-0.4, -0.2) is 190 Å². The number of ether oxygens (including phenoxy) is 2. The van der Waals surface area contributed by atoms with Crippen molar-refractivity contribution in [3.63, 3.8) is 0 Å². The second-order valence-corrected chi connectivity index (χ2v) is 26.6. The number of rotatable bonds is 23. The quantitative estimate of drug-likeness (QED) is 0.0661. The van der Waals surface area contributed by atoms with E-state index in [4.69, 9.17) is 9.47 Å². The number of unbranched alkanes of at least 4 members (excludes halogenated alkanes) is 7. The molecule has 0 spiro atoms. The predicted octanol–water partition coefficient (Wildman–Crippen LogP) is 6.79. The van der Waals surface area contributed by atoms with Gasteiger partial charge in [-0.25, -0.2) is 4.79 Å². The first kappa shape index (κ1) is 75.6. The Morgan fingerprint density at radius 3 is 1.62 bits per heavy atom. The summed E-state index contributed by atoms with van der Waals surface area (Å²) in [5.41, 5.74) is -0.647. The van der Waals surface area contributed by atoms with Crippen molar-refractivity contribution < 1.29 is 62.5 Å². The van der Waals surface area contributed by atoms with E-state index in [1.807, 2.05) is 38.1 Å². The molecule has 21 heteroatoms. The molecule has 2 saturated heterocycles. The monoisotopic (exact) mass is 1260 g/mol. The minimum absolute atomic E-state index is 0.000296. The average molecular weight is 1260 g/mol. The zero-order chi connectivity index (χ0) is 67.2. The first-order chi connectivity index (χ1) is 42.5. The van der Waals surface area contributed by atoms with E-state index in [1.54, 1.807) is 77.9 Å². The molecule has 2 aromatic carbocycles. The topological polar surface area (TPSA) is 262 Å². The Morgan fingerprint density at radius 1 is 0.611 bits per heavy atom. The fourth-order valence-corrected chi connectivity index (χ4v) is 12.3. The molecule has 10 atom stereocenters. The molecule has 2 aliphatic heterocycles. The predicted molar refractivity (Wildman–Crippen MR) is 345 cm³/mol. The molecule has 2 aromatic rings. The number of carbonyl (C=O) groups is 10. The number of likely N-dealkylation sites (N-methyl/N-ethyl adjacent to an activating group) is 4. The van der Waals surface area contributed by atoms with Gasteiger partial charge in [0.05, 0.1) is 12.2 Å². The summed E-state index contributed by atoms with van der Waals surface area (Å²) in [4.78, 5) is 155. The lowest BCUT2D eigenvalue weighted by Gasteiger charge is -2.39. The van der Waals surface area contributed by atoms with Crippen molar-refractivity contribution in [2.45, 2.75) is 239 Å². The number of hydrogen-bond acceptors (Lipinski definition) is 13. The highest BCUT2D eigenvalue weighted by atomic mass is 16.6. The third kappa shape index (κ3) is 21.6. The molecule has 0 aromatic heterocycles. The van der Waals surface area contributed by atoms with Gasteiger partial charge < -0.3 is 55.0 Å². The highest BCUT2D eigenvalue weighted by Gasteiger charge is 2.48. The molecule has 0 unspecified atom stereocenters. The summed E-state index contributed by atoms with van der Waals surface area (Å²) in [7, 11) is 5.55. The van der Waals surface area contributed by atoms with Crippen molar-refractivity contribution in [3.05, 3.63) is 71.8 Å². The number of nitrogens with one attached hydrogen (secondary N) is 3. The molecule has 0 saturated carbocycles. The number of hydrogen-bond donors (Lipinski definition) is 4. The van der Waals surface area contributed by atoms with Crippen molar-refractivity contribution in [2.24, 2.45) is 23.7 Å². The number of esters is 2. The number of benzene rings is 2. The van der Waals surface area contributed by atoms with Crippen molar-refractivity contribution in [3.8, 4) is 0 Å². The molecular formula is C69H108N8O13. The van der Waals surface area contributed by atoms with Gasteiger partial charge in [0, 0.05) is 59.9 Å². The Kier molecular flexibility index (Phi) is 30.4. The van der Waals surface area contributed by atoms with Gasteiger partial charge >= 0.3 is 11.9 Å². The van der Waals surface area contributed by atoms with Gasteiger partial charge in [0.25, 0.3) is 5.91 Å². The number of aliphatic hydroxyl groups is 1. The molecule has 0 bridgehead atoms. The summed E-state index contributed by atoms with van der Waals surface area (Å²) in [6, 6.07) is 7.22. The van der Waals surface area contributed by atoms with Crippen LogP contribution >= 0.6 is 0 Å². The molecule has 2 fully saturated rings. The number of cyclic esters (lactones) is 1. The van der Waals surface area contributed by atoms with Gasteiger partial charge in [-0.15, -0.1) is 0 Å². The lowest BCUT2D eigenvalue weighted by atomic mass is 9.94. The number of fused-ring (bicyclic) bond motifs is 1. The maximum absolute atomic E-state index is 15.5. The summed E-state index contributed by atoms with van der Waals surface area (Å²) in [5, 5.41) is 20.4. The van der Waals surface area contributed by atoms with E-state index in [0.717, 1.165) is 37.0 Å². The highest BCUT2D eigenvalue weighted by molar-refractivity contribution is 5.99. The number of carbonyl (C=O) groups excluding carboxylic acids is 10. The SMILES string of the molecule is CCCCCCCCCCOC(=O)CC[C@H]1NC(=O)[C@@H]2CCCN2C(=O)[C@H](Cc2ccccc2)N(C)C(=O)[C@H](Cc2ccccc2)NC(=O)[C@H](C(C)C)N(C)C(=O)[C@H]([C@H](C)CC)OC(=O)[C@H](C(C)(C)O)N(C)C(=O)[C@H](CC(C)C)NC(=O)[C@H](C(C)C)N(C)C1=O. The molecule has 0 radical (unpaired) electrons. The van der Waals surface area contributed by atoms with E-state index in [2.05, 4.69) is 22.9 Å². The minimum atomic E-state index is -2.01. The first-order valence-electron chi connectivity index (χ1n) is 32.9. The Bertz CT molecular complexity index is 2680. The van der Waals surface area contributed by atoms with Gasteiger partial charge in [-0.05, 0) is 81.3 Å². The third-order valence-corrected chi connectivity index (χ3v) is 17.5. The van der Waals surface area contributed by atoms with Crippen LogP contribution in [0.3, 0.4) is 0 Å². The molecule has 21 nitrogen and oxygen atoms in total. The van der Waals surface area contributed by atoms with E-state index in [-0.39, 0.29) is 57.6 Å². The Hall–Kier alpha value is -6.90. The normalized spacial score (nSPS) is 24.3. The average Bonchev–Trinajstić information content (AvgIpc) is 2.80. The lowest BCUT2D eigenvalue weighted by Crippen LogP contribution is -2.62. The summed E-state index contributed by atoms with van der Waals surface area (Å²) in [6.07, 6.45) is 7.10. The minimum Gasteiger partial charge on any atom is -0.466 e. The van der Waals surface area contributed by atoms with Gasteiger partial charge in [-0.1, -0.05) is 168 Å². The van der Waals surface area contributed by atoms with Gasteiger partial charge in [0.1, 0.15) is 42.3 Å². The van der Waals surface area contributed by atoms with Crippen LogP contribution in [0, 0.1) is 23.7 Å².